The lowest BCUT2D eigenvalue weighted by Crippen LogP contribution is -2.51. The minimum absolute atomic E-state index is 0.0148. The van der Waals surface area contributed by atoms with Crippen LogP contribution in [0.2, 0.25) is 5.02 Å². The highest BCUT2D eigenvalue weighted by atomic mass is 79.9. The van der Waals surface area contributed by atoms with Gasteiger partial charge in [0.1, 0.15) is 11.8 Å². The maximum Gasteiger partial charge on any atom is 0.261 e. The van der Waals surface area contributed by atoms with Gasteiger partial charge in [0, 0.05) is 24.5 Å². The second-order valence-electron chi connectivity index (χ2n) is 10.3. The first-order valence-corrected chi connectivity index (χ1v) is 14.0. The van der Waals surface area contributed by atoms with E-state index in [9.17, 15) is 9.59 Å². The summed E-state index contributed by atoms with van der Waals surface area (Å²) in [5.41, 5.74) is 2.86. The molecule has 0 heterocycles. The first-order chi connectivity index (χ1) is 18.1. The quantitative estimate of drug-likeness (QED) is 0.260. The van der Waals surface area contributed by atoms with Gasteiger partial charge in [-0.05, 0) is 62.7 Å². The summed E-state index contributed by atoms with van der Waals surface area (Å²) < 4.78 is 6.75. The third-order valence-electron chi connectivity index (χ3n) is 6.27. The topological polar surface area (TPSA) is 58.6 Å². The smallest absolute Gasteiger partial charge is 0.261 e. The molecule has 0 aromatic heterocycles. The molecular formula is C31H36BrClN2O3. The van der Waals surface area contributed by atoms with Crippen LogP contribution < -0.4 is 10.1 Å². The molecule has 3 aromatic rings. The van der Waals surface area contributed by atoms with Gasteiger partial charge in [0.2, 0.25) is 5.91 Å². The average Bonchev–Trinajstić information content (AvgIpc) is 2.89. The van der Waals surface area contributed by atoms with Gasteiger partial charge >= 0.3 is 0 Å². The second kappa shape index (κ2) is 13.8. The predicted molar refractivity (Wildman–Crippen MR) is 158 cm³/mol. The minimum Gasteiger partial charge on any atom is -0.483 e. The molecule has 0 aliphatic rings. The zero-order valence-electron chi connectivity index (χ0n) is 22.5. The van der Waals surface area contributed by atoms with E-state index in [2.05, 4.69) is 42.0 Å². The second-order valence-corrected chi connectivity index (χ2v) is 11.6. The van der Waals surface area contributed by atoms with Crippen molar-refractivity contribution in [2.45, 2.75) is 58.5 Å². The molecule has 0 aliphatic heterocycles. The van der Waals surface area contributed by atoms with E-state index in [1.165, 1.54) is 0 Å². The Balaban J connectivity index is 1.90. The number of amides is 2. The van der Waals surface area contributed by atoms with Gasteiger partial charge in [-0.1, -0.05) is 93.9 Å². The number of hydrogen-bond acceptors (Lipinski definition) is 3. The molecule has 0 spiro atoms. The van der Waals surface area contributed by atoms with Gasteiger partial charge in [-0.25, -0.2) is 0 Å². The Hall–Kier alpha value is -2.83. The number of ether oxygens (including phenoxy) is 1. The predicted octanol–water partition coefficient (Wildman–Crippen LogP) is 6.95. The Morgan fingerprint density at radius 2 is 1.71 bits per heavy atom. The van der Waals surface area contributed by atoms with E-state index in [0.29, 0.717) is 23.7 Å². The maximum absolute atomic E-state index is 13.7. The fraction of sp³-hybridized carbons (Fsp3) is 0.355. The molecule has 3 aromatic carbocycles. The van der Waals surface area contributed by atoms with Gasteiger partial charge in [-0.2, -0.15) is 0 Å². The Morgan fingerprint density at radius 3 is 2.34 bits per heavy atom. The van der Waals surface area contributed by atoms with Crippen LogP contribution in [0.5, 0.6) is 5.75 Å². The zero-order valence-corrected chi connectivity index (χ0v) is 24.8. The SMILES string of the molecule is CCCNC(=O)[C@@H](Cc1ccccc1)N(Cc1ccccc1Cl)C(=O)COc1ccc(C(C)(C)C)cc1Br. The molecule has 2 amide bonds. The van der Waals surface area contributed by atoms with Crippen molar-refractivity contribution in [3.63, 3.8) is 0 Å². The summed E-state index contributed by atoms with van der Waals surface area (Å²) in [5.74, 6) is 0.0650. The standard InChI is InChI=1S/C31H36BrClN2O3/c1-5-17-34-30(37)27(18-22-11-7-6-8-12-22)35(20-23-13-9-10-14-26(23)33)29(36)21-38-28-16-15-24(19-25(28)32)31(2,3)4/h6-16,19,27H,5,17-18,20-21H2,1-4H3,(H,34,37)/t27-/m1/s1. The van der Waals surface area contributed by atoms with Crippen molar-refractivity contribution in [3.8, 4) is 5.75 Å². The molecule has 1 atom stereocenters. The lowest BCUT2D eigenvalue weighted by atomic mass is 9.87. The third kappa shape index (κ3) is 8.34. The van der Waals surface area contributed by atoms with Crippen LogP contribution >= 0.6 is 27.5 Å². The number of nitrogens with one attached hydrogen (secondary N) is 1. The molecule has 7 heteroatoms. The Labute approximate surface area is 239 Å². The molecule has 0 saturated heterocycles. The molecule has 0 unspecified atom stereocenters. The highest BCUT2D eigenvalue weighted by Crippen LogP contribution is 2.31. The van der Waals surface area contributed by atoms with E-state index >= 15 is 0 Å². The summed E-state index contributed by atoms with van der Waals surface area (Å²) in [6.07, 6.45) is 1.17. The highest BCUT2D eigenvalue weighted by Gasteiger charge is 2.31. The monoisotopic (exact) mass is 598 g/mol. The molecule has 202 valence electrons. The van der Waals surface area contributed by atoms with Gasteiger partial charge in [-0.15, -0.1) is 0 Å². The Morgan fingerprint density at radius 1 is 1.03 bits per heavy atom. The zero-order chi connectivity index (χ0) is 27.7. The summed E-state index contributed by atoms with van der Waals surface area (Å²) in [6.45, 7) is 8.91. The highest BCUT2D eigenvalue weighted by molar-refractivity contribution is 9.10. The van der Waals surface area contributed by atoms with Crippen LogP contribution in [0.4, 0.5) is 0 Å². The molecule has 38 heavy (non-hydrogen) atoms. The number of benzene rings is 3. The summed E-state index contributed by atoms with van der Waals surface area (Å²) in [7, 11) is 0. The van der Waals surface area contributed by atoms with Crippen molar-refractivity contribution in [3.05, 3.63) is 99.0 Å². The fourth-order valence-electron chi connectivity index (χ4n) is 4.04. The van der Waals surface area contributed by atoms with Gasteiger partial charge in [-0.3, -0.25) is 9.59 Å². The largest absolute Gasteiger partial charge is 0.483 e. The number of carbonyl (C=O) groups excluding carboxylic acids is 2. The molecule has 1 N–H and O–H groups in total. The van der Waals surface area contributed by atoms with Gasteiger partial charge < -0.3 is 15.0 Å². The van der Waals surface area contributed by atoms with E-state index in [1.807, 2.05) is 73.7 Å². The van der Waals surface area contributed by atoms with Gasteiger partial charge in [0.25, 0.3) is 5.91 Å². The molecule has 0 aliphatic carbocycles. The third-order valence-corrected chi connectivity index (χ3v) is 7.26. The van der Waals surface area contributed by atoms with E-state index in [4.69, 9.17) is 16.3 Å². The maximum atomic E-state index is 13.7. The Bertz CT molecular complexity index is 1230. The van der Waals surface area contributed by atoms with Crippen molar-refractivity contribution in [1.29, 1.82) is 0 Å². The lowest BCUT2D eigenvalue weighted by Gasteiger charge is -2.31. The molecule has 5 nitrogen and oxygen atoms in total. The van der Waals surface area contributed by atoms with Crippen molar-refractivity contribution < 1.29 is 14.3 Å². The average molecular weight is 600 g/mol. The number of nitrogens with zero attached hydrogens (tertiary/aromatic N) is 1. The number of hydrogen-bond donors (Lipinski definition) is 1. The number of halogens is 2. The molecular weight excluding hydrogens is 564 g/mol. The van der Waals surface area contributed by atoms with E-state index in [-0.39, 0.29) is 30.4 Å². The normalized spacial score (nSPS) is 12.1. The van der Waals surface area contributed by atoms with Crippen molar-refractivity contribution >= 4 is 39.3 Å². The van der Waals surface area contributed by atoms with E-state index in [1.54, 1.807) is 11.0 Å². The van der Waals surface area contributed by atoms with Crippen molar-refractivity contribution in [1.82, 2.24) is 10.2 Å². The summed E-state index contributed by atoms with van der Waals surface area (Å²) in [6, 6.07) is 22.2. The first kappa shape index (κ1) is 29.7. The van der Waals surface area contributed by atoms with Crippen molar-refractivity contribution in [2.24, 2.45) is 0 Å². The van der Waals surface area contributed by atoms with Crippen LogP contribution in [0, 0.1) is 0 Å². The number of rotatable bonds is 11. The first-order valence-electron chi connectivity index (χ1n) is 12.9. The van der Waals surface area contributed by atoms with Crippen LogP contribution in [0.1, 0.15) is 50.8 Å². The fourth-order valence-corrected chi connectivity index (χ4v) is 4.73. The Kier molecular flexibility index (Phi) is 10.8. The van der Waals surface area contributed by atoms with Crippen LogP contribution in [0.25, 0.3) is 0 Å². The molecule has 3 rings (SSSR count). The number of carbonyl (C=O) groups is 2. The van der Waals surface area contributed by atoms with Gasteiger partial charge in [0.05, 0.1) is 4.47 Å². The molecule has 0 saturated carbocycles. The molecule has 0 bridgehead atoms. The van der Waals surface area contributed by atoms with Crippen LogP contribution in [0.3, 0.4) is 0 Å². The molecule has 0 fully saturated rings. The summed E-state index contributed by atoms with van der Waals surface area (Å²) >= 11 is 10.1. The van der Waals surface area contributed by atoms with Crippen LogP contribution in [0.15, 0.2) is 77.3 Å². The summed E-state index contributed by atoms with van der Waals surface area (Å²) in [5, 5.41) is 3.52. The van der Waals surface area contributed by atoms with Crippen LogP contribution in [-0.2, 0) is 28.0 Å². The van der Waals surface area contributed by atoms with E-state index < -0.39 is 6.04 Å². The molecule has 0 radical (unpaired) electrons. The lowest BCUT2D eigenvalue weighted by molar-refractivity contribution is -0.142. The van der Waals surface area contributed by atoms with Crippen molar-refractivity contribution in [2.75, 3.05) is 13.2 Å². The summed E-state index contributed by atoms with van der Waals surface area (Å²) in [4.78, 5) is 28.7. The van der Waals surface area contributed by atoms with Gasteiger partial charge in [0.15, 0.2) is 6.61 Å². The minimum atomic E-state index is -0.733. The van der Waals surface area contributed by atoms with E-state index in [0.717, 1.165) is 27.6 Å². The van der Waals surface area contributed by atoms with Crippen LogP contribution in [-0.4, -0.2) is 35.9 Å².